The fourth-order valence-corrected chi connectivity index (χ4v) is 1.59. The fraction of sp³-hybridized carbons (Fsp3) is 0.692. The molecule has 0 saturated heterocycles. The average Bonchev–Trinajstić information content (AvgIpc) is 2.14. The van der Waals surface area contributed by atoms with Crippen LogP contribution in [0, 0.1) is 0 Å². The summed E-state index contributed by atoms with van der Waals surface area (Å²) in [6.45, 7) is 10.6. The highest BCUT2D eigenvalue weighted by molar-refractivity contribution is 5.99. The Labute approximate surface area is 108 Å². The SMILES string of the molecule is C=CCC(OC(C)C)(OC(C)C)C(=O)CC(=O)O. The molecule has 0 fully saturated rings. The first-order valence-electron chi connectivity index (χ1n) is 5.95. The van der Waals surface area contributed by atoms with Crippen LogP contribution in [-0.4, -0.2) is 34.9 Å². The van der Waals surface area contributed by atoms with E-state index in [9.17, 15) is 9.59 Å². The van der Waals surface area contributed by atoms with Crippen LogP contribution < -0.4 is 0 Å². The number of carbonyl (C=O) groups is 2. The standard InChI is InChI=1S/C13H22O5/c1-6-7-13(17-9(2)3,18-10(4)5)11(14)8-12(15)16/h6,9-10H,1,7-8H2,2-5H3,(H,15,16). The number of hydrogen-bond donors (Lipinski definition) is 1. The molecule has 5 nitrogen and oxygen atoms in total. The summed E-state index contributed by atoms with van der Waals surface area (Å²) in [7, 11) is 0. The number of Topliss-reactive ketones (excluding diaryl/α,β-unsaturated/α-hetero) is 1. The predicted octanol–water partition coefficient (Wildman–Crippen LogP) is 2.15. The van der Waals surface area contributed by atoms with E-state index < -0.39 is 24.0 Å². The van der Waals surface area contributed by atoms with Crippen LogP contribution in [-0.2, 0) is 19.1 Å². The molecule has 0 amide bonds. The quantitative estimate of drug-likeness (QED) is 0.390. The Morgan fingerprint density at radius 2 is 1.67 bits per heavy atom. The molecule has 0 aromatic carbocycles. The third-order valence-corrected chi connectivity index (χ3v) is 2.00. The Bertz CT molecular complexity index is 297. The zero-order valence-electron chi connectivity index (χ0n) is 11.4. The normalized spacial score (nSPS) is 11.9. The minimum Gasteiger partial charge on any atom is -0.481 e. The van der Waals surface area contributed by atoms with Gasteiger partial charge in [-0.25, -0.2) is 0 Å². The Kier molecular flexibility index (Phi) is 6.80. The third kappa shape index (κ3) is 5.42. The Hall–Kier alpha value is -1.20. The second-order valence-electron chi connectivity index (χ2n) is 4.57. The van der Waals surface area contributed by atoms with Gasteiger partial charge < -0.3 is 14.6 Å². The van der Waals surface area contributed by atoms with Gasteiger partial charge in [-0.05, 0) is 27.7 Å². The minimum absolute atomic E-state index is 0.121. The summed E-state index contributed by atoms with van der Waals surface area (Å²) >= 11 is 0. The zero-order valence-corrected chi connectivity index (χ0v) is 11.4. The molecular weight excluding hydrogens is 236 g/mol. The van der Waals surface area contributed by atoms with E-state index in [1.165, 1.54) is 6.08 Å². The van der Waals surface area contributed by atoms with Crippen molar-refractivity contribution in [2.24, 2.45) is 0 Å². The summed E-state index contributed by atoms with van der Waals surface area (Å²) in [6.07, 6.45) is 0.454. The summed E-state index contributed by atoms with van der Waals surface area (Å²) in [5.41, 5.74) is 0. The van der Waals surface area contributed by atoms with Crippen molar-refractivity contribution in [3.63, 3.8) is 0 Å². The highest BCUT2D eigenvalue weighted by atomic mass is 16.7. The molecule has 0 saturated carbocycles. The van der Waals surface area contributed by atoms with Gasteiger partial charge in [0.2, 0.25) is 11.6 Å². The maximum absolute atomic E-state index is 12.1. The highest BCUT2D eigenvalue weighted by Gasteiger charge is 2.42. The number of carboxylic acids is 1. The van der Waals surface area contributed by atoms with Gasteiger partial charge in [0, 0.05) is 6.42 Å². The van der Waals surface area contributed by atoms with Crippen LogP contribution >= 0.6 is 0 Å². The molecular formula is C13H22O5. The molecule has 0 aromatic rings. The lowest BCUT2D eigenvalue weighted by molar-refractivity contribution is -0.253. The van der Waals surface area contributed by atoms with Crippen molar-refractivity contribution in [3.8, 4) is 0 Å². The molecule has 0 aromatic heterocycles. The number of ketones is 1. The molecule has 0 heterocycles. The molecule has 0 spiro atoms. The van der Waals surface area contributed by atoms with E-state index >= 15 is 0 Å². The summed E-state index contributed by atoms with van der Waals surface area (Å²) in [4.78, 5) is 22.7. The molecule has 0 atom stereocenters. The topological polar surface area (TPSA) is 72.8 Å². The molecule has 0 aliphatic heterocycles. The van der Waals surface area contributed by atoms with Gasteiger partial charge in [0.15, 0.2) is 0 Å². The summed E-state index contributed by atoms with van der Waals surface area (Å²) in [6, 6.07) is 0. The largest absolute Gasteiger partial charge is 0.481 e. The van der Waals surface area contributed by atoms with E-state index in [-0.39, 0.29) is 18.6 Å². The zero-order chi connectivity index (χ0) is 14.3. The van der Waals surface area contributed by atoms with Gasteiger partial charge in [-0.3, -0.25) is 9.59 Å². The second-order valence-corrected chi connectivity index (χ2v) is 4.57. The van der Waals surface area contributed by atoms with Crippen molar-refractivity contribution in [3.05, 3.63) is 12.7 Å². The van der Waals surface area contributed by atoms with Gasteiger partial charge in [-0.2, -0.15) is 0 Å². The van der Waals surface area contributed by atoms with Gasteiger partial charge in [-0.15, -0.1) is 6.58 Å². The first kappa shape index (κ1) is 16.8. The van der Waals surface area contributed by atoms with E-state index in [0.717, 1.165) is 0 Å². The smallest absolute Gasteiger partial charge is 0.311 e. The van der Waals surface area contributed by atoms with Crippen LogP contribution in [0.1, 0.15) is 40.5 Å². The lowest BCUT2D eigenvalue weighted by Crippen LogP contribution is -2.48. The predicted molar refractivity (Wildman–Crippen MR) is 67.2 cm³/mol. The van der Waals surface area contributed by atoms with Gasteiger partial charge in [-0.1, -0.05) is 6.08 Å². The summed E-state index contributed by atoms with van der Waals surface area (Å²) in [5, 5.41) is 8.73. The molecule has 0 aliphatic carbocycles. The maximum atomic E-state index is 12.1. The molecule has 0 unspecified atom stereocenters. The van der Waals surface area contributed by atoms with Crippen molar-refractivity contribution in [1.29, 1.82) is 0 Å². The third-order valence-electron chi connectivity index (χ3n) is 2.00. The second kappa shape index (κ2) is 7.28. The van der Waals surface area contributed by atoms with Gasteiger partial charge >= 0.3 is 5.97 Å². The molecule has 5 heteroatoms. The lowest BCUT2D eigenvalue weighted by Gasteiger charge is -2.34. The van der Waals surface area contributed by atoms with Crippen LogP contribution in [0.5, 0.6) is 0 Å². The van der Waals surface area contributed by atoms with Crippen LogP contribution in [0.3, 0.4) is 0 Å². The molecule has 0 bridgehead atoms. The van der Waals surface area contributed by atoms with E-state index in [4.69, 9.17) is 14.6 Å². The summed E-state index contributed by atoms with van der Waals surface area (Å²) < 4.78 is 11.1. The fourth-order valence-electron chi connectivity index (χ4n) is 1.59. The molecule has 0 radical (unpaired) electrons. The molecule has 1 N–H and O–H groups in total. The van der Waals surface area contributed by atoms with Crippen LogP contribution in [0.25, 0.3) is 0 Å². The minimum atomic E-state index is -1.55. The number of rotatable bonds is 9. The van der Waals surface area contributed by atoms with Gasteiger partial charge in [0.25, 0.3) is 0 Å². The number of hydrogen-bond acceptors (Lipinski definition) is 4. The van der Waals surface area contributed by atoms with Crippen molar-refractivity contribution >= 4 is 11.8 Å². The average molecular weight is 258 g/mol. The van der Waals surface area contributed by atoms with E-state index in [1.54, 1.807) is 27.7 Å². The van der Waals surface area contributed by atoms with Crippen LogP contribution in [0.2, 0.25) is 0 Å². The van der Waals surface area contributed by atoms with E-state index in [2.05, 4.69) is 6.58 Å². The van der Waals surface area contributed by atoms with E-state index in [0.29, 0.717) is 0 Å². The molecule has 0 rings (SSSR count). The first-order valence-corrected chi connectivity index (χ1v) is 5.95. The highest BCUT2D eigenvalue weighted by Crippen LogP contribution is 2.25. The number of carboxylic acid groups (broad SMARTS) is 1. The Morgan fingerprint density at radius 3 is 1.94 bits per heavy atom. The van der Waals surface area contributed by atoms with E-state index in [1.807, 2.05) is 0 Å². The number of aliphatic carboxylic acids is 1. The first-order chi connectivity index (χ1) is 8.23. The van der Waals surface area contributed by atoms with Crippen LogP contribution in [0.15, 0.2) is 12.7 Å². The lowest BCUT2D eigenvalue weighted by atomic mass is 10.0. The maximum Gasteiger partial charge on any atom is 0.311 e. The summed E-state index contributed by atoms with van der Waals surface area (Å²) in [5.74, 6) is -3.35. The number of carbonyl (C=O) groups excluding carboxylic acids is 1. The van der Waals surface area contributed by atoms with Crippen molar-refractivity contribution < 1.29 is 24.2 Å². The van der Waals surface area contributed by atoms with Crippen molar-refractivity contribution in [2.75, 3.05) is 0 Å². The monoisotopic (exact) mass is 258 g/mol. The molecule has 18 heavy (non-hydrogen) atoms. The Balaban J connectivity index is 5.21. The molecule has 0 aliphatic rings. The molecule has 104 valence electrons. The van der Waals surface area contributed by atoms with Crippen molar-refractivity contribution in [2.45, 2.75) is 58.5 Å². The van der Waals surface area contributed by atoms with Crippen LogP contribution in [0.4, 0.5) is 0 Å². The number of ether oxygens (including phenoxy) is 2. The van der Waals surface area contributed by atoms with Gasteiger partial charge in [0.1, 0.15) is 6.42 Å². The van der Waals surface area contributed by atoms with Gasteiger partial charge in [0.05, 0.1) is 12.2 Å². The Morgan fingerprint density at radius 1 is 1.22 bits per heavy atom. The van der Waals surface area contributed by atoms with Crippen molar-refractivity contribution in [1.82, 2.24) is 0 Å².